The van der Waals surface area contributed by atoms with Crippen molar-refractivity contribution in [2.45, 2.75) is 39.4 Å². The van der Waals surface area contributed by atoms with Crippen LogP contribution in [0, 0.1) is 5.41 Å². The van der Waals surface area contributed by atoms with Crippen LogP contribution < -0.4 is 5.73 Å². The average Bonchev–Trinajstić information content (AvgIpc) is 3.26. The van der Waals surface area contributed by atoms with Crippen molar-refractivity contribution >= 4 is 17.4 Å². The van der Waals surface area contributed by atoms with Crippen LogP contribution in [0.4, 0.5) is 18.9 Å². The molecular formula is C31H29F3N4O2. The van der Waals surface area contributed by atoms with Crippen LogP contribution in [0.2, 0.25) is 0 Å². The zero-order valence-electron chi connectivity index (χ0n) is 22.4. The Morgan fingerprint density at radius 1 is 1.02 bits per heavy atom. The number of benzene rings is 3. The maximum Gasteiger partial charge on any atom is 0.416 e. The van der Waals surface area contributed by atoms with E-state index in [4.69, 9.17) is 10.8 Å². The Bertz CT molecular complexity index is 1610. The molecule has 0 fully saturated rings. The SMILES string of the molecule is CN(Cc1cccc(C(F)(F)F)c1)C(=O)c1ccc(-n2nc(-c3ccccc3)c3c2CC(C)(C)CC3=O)c(N)c1. The lowest BCUT2D eigenvalue weighted by Gasteiger charge is -2.29. The van der Waals surface area contributed by atoms with Crippen molar-refractivity contribution in [2.75, 3.05) is 12.8 Å². The molecule has 4 aromatic rings. The third kappa shape index (κ3) is 5.23. The van der Waals surface area contributed by atoms with Gasteiger partial charge in [0.1, 0.15) is 5.69 Å². The quantitative estimate of drug-likeness (QED) is 0.287. The Labute approximate surface area is 230 Å². The van der Waals surface area contributed by atoms with Gasteiger partial charge in [-0.25, -0.2) is 4.68 Å². The topological polar surface area (TPSA) is 81.2 Å². The second kappa shape index (κ2) is 9.97. The zero-order chi connectivity index (χ0) is 28.8. The summed E-state index contributed by atoms with van der Waals surface area (Å²) in [6.45, 7) is 4.08. The van der Waals surface area contributed by atoms with E-state index in [1.807, 2.05) is 44.2 Å². The summed E-state index contributed by atoms with van der Waals surface area (Å²) in [4.78, 5) is 27.8. The number of anilines is 1. The predicted molar refractivity (Wildman–Crippen MR) is 147 cm³/mol. The number of alkyl halides is 3. The van der Waals surface area contributed by atoms with E-state index < -0.39 is 11.7 Å². The van der Waals surface area contributed by atoms with E-state index in [-0.39, 0.29) is 29.2 Å². The summed E-state index contributed by atoms with van der Waals surface area (Å²) < 4.78 is 41.0. The van der Waals surface area contributed by atoms with Crippen molar-refractivity contribution < 1.29 is 22.8 Å². The molecule has 0 spiro atoms. The number of nitrogens with two attached hydrogens (primary N) is 1. The van der Waals surface area contributed by atoms with E-state index in [0.717, 1.165) is 23.4 Å². The van der Waals surface area contributed by atoms with Crippen LogP contribution in [0.1, 0.15) is 57.8 Å². The highest BCUT2D eigenvalue weighted by molar-refractivity contribution is 6.04. The van der Waals surface area contributed by atoms with Crippen LogP contribution in [0.25, 0.3) is 16.9 Å². The Hall–Kier alpha value is -4.40. The number of nitrogens with zero attached hydrogens (tertiary/aromatic N) is 3. The fourth-order valence-electron chi connectivity index (χ4n) is 5.24. The van der Waals surface area contributed by atoms with Gasteiger partial charge in [-0.1, -0.05) is 56.3 Å². The molecule has 9 heteroatoms. The molecule has 1 aliphatic carbocycles. The lowest BCUT2D eigenvalue weighted by Crippen LogP contribution is -2.28. The van der Waals surface area contributed by atoms with Gasteiger partial charge in [-0.15, -0.1) is 0 Å². The third-order valence-electron chi connectivity index (χ3n) is 7.12. The number of Topliss-reactive ketones (excluding diaryl/α,β-unsaturated/α-hetero) is 1. The van der Waals surface area contributed by atoms with E-state index in [0.29, 0.717) is 41.0 Å². The fourth-order valence-corrected chi connectivity index (χ4v) is 5.24. The minimum absolute atomic E-state index is 0.00525. The first-order valence-corrected chi connectivity index (χ1v) is 12.9. The van der Waals surface area contributed by atoms with Crippen molar-refractivity contribution in [1.29, 1.82) is 0 Å². The van der Waals surface area contributed by atoms with Gasteiger partial charge in [0.25, 0.3) is 5.91 Å². The summed E-state index contributed by atoms with van der Waals surface area (Å²) in [6.07, 6.45) is -3.44. The van der Waals surface area contributed by atoms with E-state index >= 15 is 0 Å². The number of fused-ring (bicyclic) bond motifs is 1. The molecule has 0 bridgehead atoms. The molecule has 1 heterocycles. The number of hydrogen-bond acceptors (Lipinski definition) is 4. The van der Waals surface area contributed by atoms with Gasteiger partial charge >= 0.3 is 6.18 Å². The maximum atomic E-state index is 13.3. The smallest absolute Gasteiger partial charge is 0.397 e. The molecule has 2 N–H and O–H groups in total. The number of carbonyl (C=O) groups is 2. The first-order chi connectivity index (χ1) is 18.8. The molecule has 1 aliphatic rings. The first kappa shape index (κ1) is 27.2. The van der Waals surface area contributed by atoms with Crippen LogP contribution in [-0.4, -0.2) is 33.4 Å². The highest BCUT2D eigenvalue weighted by Crippen LogP contribution is 2.40. The third-order valence-corrected chi connectivity index (χ3v) is 7.12. The minimum Gasteiger partial charge on any atom is -0.397 e. The monoisotopic (exact) mass is 546 g/mol. The normalized spacial score (nSPS) is 14.6. The Morgan fingerprint density at radius 3 is 2.42 bits per heavy atom. The number of carbonyl (C=O) groups excluding carboxylic acids is 2. The van der Waals surface area contributed by atoms with Gasteiger partial charge in [-0.05, 0) is 47.7 Å². The second-order valence-electron chi connectivity index (χ2n) is 11.0. The summed E-state index contributed by atoms with van der Waals surface area (Å²) in [5.74, 6) is -0.364. The molecule has 1 amide bonds. The molecule has 0 radical (unpaired) electrons. The lowest BCUT2D eigenvalue weighted by molar-refractivity contribution is -0.137. The summed E-state index contributed by atoms with van der Waals surface area (Å²) in [6, 6.07) is 19.2. The van der Waals surface area contributed by atoms with Gasteiger partial charge < -0.3 is 10.6 Å². The fraction of sp³-hybridized carbons (Fsp3) is 0.258. The zero-order valence-corrected chi connectivity index (χ0v) is 22.4. The van der Waals surface area contributed by atoms with Crippen molar-refractivity contribution in [3.63, 3.8) is 0 Å². The molecule has 0 aliphatic heterocycles. The van der Waals surface area contributed by atoms with E-state index in [1.165, 1.54) is 24.1 Å². The van der Waals surface area contributed by atoms with Gasteiger partial charge in [0.2, 0.25) is 0 Å². The molecule has 5 rings (SSSR count). The summed E-state index contributed by atoms with van der Waals surface area (Å²) >= 11 is 0. The number of nitrogen functional groups attached to an aromatic ring is 1. The van der Waals surface area contributed by atoms with Crippen molar-refractivity contribution in [1.82, 2.24) is 14.7 Å². The molecule has 206 valence electrons. The van der Waals surface area contributed by atoms with E-state index in [1.54, 1.807) is 22.9 Å². The van der Waals surface area contributed by atoms with Crippen LogP contribution in [0.5, 0.6) is 0 Å². The molecule has 1 aromatic heterocycles. The minimum atomic E-state index is -4.46. The Kier molecular flexibility index (Phi) is 6.77. The van der Waals surface area contributed by atoms with Gasteiger partial charge in [-0.2, -0.15) is 18.3 Å². The second-order valence-corrected chi connectivity index (χ2v) is 11.0. The van der Waals surface area contributed by atoms with Crippen LogP contribution in [0.15, 0.2) is 72.8 Å². The standard InChI is InChI=1S/C31H29F3N4O2/c1-30(2)16-25-27(26(39)17-30)28(20-9-5-4-6-10-20)36-38(25)24-13-12-21(15-23(24)35)29(40)37(3)18-19-8-7-11-22(14-19)31(32,33)34/h4-15H,16-18,35H2,1-3H3. The van der Waals surface area contributed by atoms with Crippen LogP contribution >= 0.6 is 0 Å². The average molecular weight is 547 g/mol. The summed E-state index contributed by atoms with van der Waals surface area (Å²) in [5.41, 5.74) is 9.69. The van der Waals surface area contributed by atoms with Gasteiger partial charge in [0, 0.05) is 31.1 Å². The first-order valence-electron chi connectivity index (χ1n) is 12.9. The predicted octanol–water partition coefficient (Wildman–Crippen LogP) is 6.57. The van der Waals surface area contributed by atoms with Crippen molar-refractivity contribution in [3.05, 3.63) is 101 Å². The highest BCUT2D eigenvalue weighted by Gasteiger charge is 2.37. The Balaban J connectivity index is 1.47. The number of ketones is 1. The van der Waals surface area contributed by atoms with Gasteiger partial charge in [-0.3, -0.25) is 9.59 Å². The van der Waals surface area contributed by atoms with Gasteiger partial charge in [0.05, 0.1) is 28.2 Å². The van der Waals surface area contributed by atoms with E-state index in [2.05, 4.69) is 0 Å². The Morgan fingerprint density at radius 2 is 1.75 bits per heavy atom. The highest BCUT2D eigenvalue weighted by atomic mass is 19.4. The molecular weight excluding hydrogens is 517 g/mol. The summed E-state index contributed by atoms with van der Waals surface area (Å²) in [7, 11) is 1.52. The lowest BCUT2D eigenvalue weighted by atomic mass is 9.75. The molecule has 0 saturated carbocycles. The van der Waals surface area contributed by atoms with E-state index in [9.17, 15) is 22.8 Å². The number of hydrogen-bond donors (Lipinski definition) is 1. The van der Waals surface area contributed by atoms with Crippen molar-refractivity contribution in [3.8, 4) is 16.9 Å². The summed E-state index contributed by atoms with van der Waals surface area (Å²) in [5, 5.41) is 4.83. The number of halogens is 3. The molecule has 6 nitrogen and oxygen atoms in total. The molecule has 40 heavy (non-hydrogen) atoms. The molecule has 3 aromatic carbocycles. The van der Waals surface area contributed by atoms with Crippen molar-refractivity contribution in [2.24, 2.45) is 5.41 Å². The molecule has 0 atom stereocenters. The molecule has 0 unspecified atom stereocenters. The number of rotatable bonds is 5. The van der Waals surface area contributed by atoms with Crippen LogP contribution in [-0.2, 0) is 19.1 Å². The largest absolute Gasteiger partial charge is 0.416 e. The van der Waals surface area contributed by atoms with Crippen LogP contribution in [0.3, 0.4) is 0 Å². The van der Waals surface area contributed by atoms with Gasteiger partial charge in [0.15, 0.2) is 5.78 Å². The number of aromatic nitrogens is 2. The maximum absolute atomic E-state index is 13.3. The molecule has 0 saturated heterocycles. The number of amides is 1.